The molecule has 0 spiro atoms. The molecule has 0 fully saturated rings. The highest BCUT2D eigenvalue weighted by Gasteiger charge is 2.55. The molecule has 0 aromatic carbocycles. The van der Waals surface area contributed by atoms with E-state index in [1.807, 2.05) is 6.92 Å². The van der Waals surface area contributed by atoms with E-state index in [-0.39, 0.29) is 17.8 Å². The summed E-state index contributed by atoms with van der Waals surface area (Å²) >= 11 is 0. The Morgan fingerprint density at radius 2 is 2.11 bits per heavy atom. The van der Waals surface area contributed by atoms with Crippen molar-refractivity contribution >= 4 is 23.3 Å². The number of carbonyl (C=O) groups excluding carboxylic acids is 2. The molecular weight excluding hydrogens is 348 g/mol. The van der Waals surface area contributed by atoms with E-state index in [0.717, 1.165) is 6.42 Å². The molecule has 8 nitrogen and oxygen atoms in total. The summed E-state index contributed by atoms with van der Waals surface area (Å²) in [5, 5.41) is 14.3. The van der Waals surface area contributed by atoms with Crippen LogP contribution in [0.3, 0.4) is 0 Å². The number of hydrogen-bond acceptors (Lipinski definition) is 6. The predicted octanol–water partition coefficient (Wildman–Crippen LogP) is 1.96. The molecule has 2 unspecified atom stereocenters. The van der Waals surface area contributed by atoms with Crippen LogP contribution in [-0.2, 0) is 14.4 Å². The zero-order valence-corrected chi connectivity index (χ0v) is 16.1. The number of carbonyl (C=O) groups is 3. The van der Waals surface area contributed by atoms with Gasteiger partial charge < -0.3 is 10.4 Å². The number of carboxylic acids is 1. The highest BCUT2D eigenvalue weighted by molar-refractivity contribution is 6.13. The topological polar surface area (TPSA) is 112 Å². The number of nitrogens with zero attached hydrogens (tertiary/aromatic N) is 2. The number of carboxylic acid groups (broad SMARTS) is 1. The number of hydrogen-bond donors (Lipinski definition) is 3. The fourth-order valence-corrected chi connectivity index (χ4v) is 3.50. The van der Waals surface area contributed by atoms with Crippen molar-refractivity contribution in [1.82, 2.24) is 15.4 Å². The third kappa shape index (κ3) is 3.71. The molecule has 0 radical (unpaired) electrons. The molecular formula is C19H26N4O4. The summed E-state index contributed by atoms with van der Waals surface area (Å²) in [4.78, 5) is 42.0. The largest absolute Gasteiger partial charge is 0.480 e. The molecule has 1 aromatic rings. The third-order valence-corrected chi connectivity index (χ3v) is 4.81. The smallest absolute Gasteiger partial charge is 0.330 e. The van der Waals surface area contributed by atoms with E-state index in [4.69, 9.17) is 0 Å². The number of Topliss-reactive ketones (excluding diaryl/α,β-unsaturated/α-hetero) is 1. The van der Waals surface area contributed by atoms with Crippen LogP contribution in [0.2, 0.25) is 0 Å². The summed E-state index contributed by atoms with van der Waals surface area (Å²) in [6.07, 6.45) is 4.41. The van der Waals surface area contributed by atoms with E-state index in [0.29, 0.717) is 12.1 Å². The minimum Gasteiger partial charge on any atom is -0.480 e. The molecule has 3 N–H and O–H groups in total. The Labute approximate surface area is 158 Å². The van der Waals surface area contributed by atoms with Crippen LogP contribution in [0.15, 0.2) is 35.8 Å². The van der Waals surface area contributed by atoms with Crippen LogP contribution in [0.1, 0.15) is 40.5 Å². The number of aromatic nitrogens is 1. The predicted molar refractivity (Wildman–Crippen MR) is 101 cm³/mol. The second-order valence-corrected chi connectivity index (χ2v) is 6.64. The van der Waals surface area contributed by atoms with Crippen LogP contribution in [0.5, 0.6) is 0 Å². The molecule has 0 saturated heterocycles. The van der Waals surface area contributed by atoms with Crippen LogP contribution >= 0.6 is 0 Å². The SMILES string of the molecule is CCCC(C)C1(C(=O)O)NN(CC)C(=O)C(Nc2cccnc2)=C1C(C)=O. The number of anilines is 1. The summed E-state index contributed by atoms with van der Waals surface area (Å²) in [5.74, 6) is -2.56. The first-order valence-corrected chi connectivity index (χ1v) is 9.05. The van der Waals surface area contributed by atoms with E-state index in [1.165, 1.54) is 18.1 Å². The lowest BCUT2D eigenvalue weighted by Crippen LogP contribution is -2.69. The fraction of sp³-hybridized carbons (Fsp3) is 0.474. The number of amides is 1. The maximum atomic E-state index is 12.9. The van der Waals surface area contributed by atoms with Gasteiger partial charge in [-0.05, 0) is 38.3 Å². The molecule has 0 bridgehead atoms. The molecule has 1 aliphatic heterocycles. The maximum absolute atomic E-state index is 12.9. The van der Waals surface area contributed by atoms with Gasteiger partial charge in [-0.1, -0.05) is 20.3 Å². The van der Waals surface area contributed by atoms with Crippen molar-refractivity contribution in [3.8, 4) is 0 Å². The first kappa shape index (κ1) is 20.6. The molecule has 2 rings (SSSR count). The minimum atomic E-state index is -1.70. The lowest BCUT2D eigenvalue weighted by Gasteiger charge is -2.45. The monoisotopic (exact) mass is 374 g/mol. The van der Waals surface area contributed by atoms with Gasteiger partial charge in [-0.3, -0.25) is 19.6 Å². The van der Waals surface area contributed by atoms with Crippen LogP contribution in [0.25, 0.3) is 0 Å². The summed E-state index contributed by atoms with van der Waals surface area (Å²) < 4.78 is 0. The lowest BCUT2D eigenvalue weighted by atomic mass is 9.73. The number of hydrazine groups is 1. The van der Waals surface area contributed by atoms with Gasteiger partial charge >= 0.3 is 5.97 Å². The van der Waals surface area contributed by atoms with Crippen molar-refractivity contribution in [2.45, 2.75) is 46.1 Å². The first-order chi connectivity index (χ1) is 12.8. The van der Waals surface area contributed by atoms with Crippen molar-refractivity contribution in [1.29, 1.82) is 0 Å². The fourth-order valence-electron chi connectivity index (χ4n) is 3.50. The quantitative estimate of drug-likeness (QED) is 0.638. The highest BCUT2D eigenvalue weighted by Crippen LogP contribution is 2.36. The lowest BCUT2D eigenvalue weighted by molar-refractivity contribution is -0.153. The van der Waals surface area contributed by atoms with Gasteiger partial charge in [-0.2, -0.15) is 0 Å². The number of aliphatic carboxylic acids is 1. The molecule has 2 atom stereocenters. The number of ketones is 1. The first-order valence-electron chi connectivity index (χ1n) is 9.05. The summed E-state index contributed by atoms with van der Waals surface area (Å²) in [6, 6.07) is 3.38. The van der Waals surface area contributed by atoms with Gasteiger partial charge in [0.2, 0.25) is 0 Å². The standard InChI is InChI=1S/C19H26N4O4/c1-5-8-12(3)19(18(26)27)15(13(4)24)16(17(25)23(6-2)22-19)21-14-9-7-10-20-11-14/h7,9-12,21-22H,5-6,8H2,1-4H3,(H,26,27). The van der Waals surface area contributed by atoms with Crippen molar-refractivity contribution < 1.29 is 19.5 Å². The Morgan fingerprint density at radius 1 is 1.41 bits per heavy atom. The normalized spacial score (nSPS) is 21.2. The summed E-state index contributed by atoms with van der Waals surface area (Å²) in [7, 11) is 0. The Morgan fingerprint density at radius 3 is 2.59 bits per heavy atom. The van der Waals surface area contributed by atoms with Crippen LogP contribution in [0, 0.1) is 5.92 Å². The number of likely N-dealkylation sites (N-methyl/N-ethyl adjacent to an activating group) is 1. The molecule has 2 heterocycles. The Bertz CT molecular complexity index is 762. The average molecular weight is 374 g/mol. The Hall–Kier alpha value is -2.74. The zero-order valence-electron chi connectivity index (χ0n) is 16.1. The molecule has 0 aliphatic carbocycles. The number of pyridine rings is 1. The summed E-state index contributed by atoms with van der Waals surface area (Å²) in [6.45, 7) is 6.99. The van der Waals surface area contributed by atoms with E-state index in [2.05, 4.69) is 15.7 Å². The molecule has 1 aliphatic rings. The zero-order chi connectivity index (χ0) is 20.2. The average Bonchev–Trinajstić information content (AvgIpc) is 2.63. The van der Waals surface area contributed by atoms with Crippen molar-refractivity contribution in [2.75, 3.05) is 11.9 Å². The van der Waals surface area contributed by atoms with Gasteiger partial charge in [0.1, 0.15) is 5.70 Å². The van der Waals surface area contributed by atoms with Crippen LogP contribution in [0.4, 0.5) is 5.69 Å². The number of rotatable bonds is 8. The molecule has 146 valence electrons. The van der Waals surface area contributed by atoms with Gasteiger partial charge in [0.25, 0.3) is 5.91 Å². The molecule has 1 amide bonds. The van der Waals surface area contributed by atoms with Crippen LogP contribution in [-0.4, -0.2) is 44.8 Å². The summed E-state index contributed by atoms with van der Waals surface area (Å²) in [5.41, 5.74) is 1.56. The Balaban J connectivity index is 2.75. The second-order valence-electron chi connectivity index (χ2n) is 6.64. The van der Waals surface area contributed by atoms with E-state index >= 15 is 0 Å². The van der Waals surface area contributed by atoms with Crippen molar-refractivity contribution in [3.05, 3.63) is 35.8 Å². The number of nitrogens with one attached hydrogen (secondary N) is 2. The van der Waals surface area contributed by atoms with E-state index in [1.54, 1.807) is 32.2 Å². The minimum absolute atomic E-state index is 0.0264. The van der Waals surface area contributed by atoms with Crippen molar-refractivity contribution in [2.24, 2.45) is 5.92 Å². The second kappa shape index (κ2) is 8.30. The Kier molecular flexibility index (Phi) is 6.32. The van der Waals surface area contributed by atoms with Crippen LogP contribution < -0.4 is 10.7 Å². The molecule has 27 heavy (non-hydrogen) atoms. The maximum Gasteiger partial charge on any atom is 0.330 e. The van der Waals surface area contributed by atoms with Gasteiger partial charge in [0, 0.05) is 12.7 Å². The molecule has 1 aromatic heterocycles. The third-order valence-electron chi connectivity index (χ3n) is 4.81. The van der Waals surface area contributed by atoms with Gasteiger partial charge in [-0.25, -0.2) is 10.2 Å². The van der Waals surface area contributed by atoms with Gasteiger partial charge in [0.05, 0.1) is 17.5 Å². The van der Waals surface area contributed by atoms with E-state index in [9.17, 15) is 19.5 Å². The van der Waals surface area contributed by atoms with E-state index < -0.39 is 29.1 Å². The molecule has 8 heteroatoms. The van der Waals surface area contributed by atoms with Gasteiger partial charge in [0.15, 0.2) is 11.3 Å². The molecule has 0 saturated carbocycles. The highest BCUT2D eigenvalue weighted by atomic mass is 16.4. The van der Waals surface area contributed by atoms with Crippen molar-refractivity contribution in [3.63, 3.8) is 0 Å². The van der Waals surface area contributed by atoms with Gasteiger partial charge in [-0.15, -0.1) is 0 Å².